The van der Waals surface area contributed by atoms with E-state index >= 15 is 0 Å². The minimum absolute atomic E-state index is 0.181. The number of aliphatic hydroxyl groups excluding tert-OH is 1. The van der Waals surface area contributed by atoms with E-state index in [4.69, 9.17) is 14.2 Å². The molecule has 1 aliphatic carbocycles. The van der Waals surface area contributed by atoms with Crippen LogP contribution in [0.5, 0.6) is 17.2 Å². The number of nitrogens with one attached hydrogen (secondary N) is 1. The Morgan fingerprint density at radius 2 is 2.15 bits per heavy atom. The molecular weight excluding hydrogens is 258 g/mol. The van der Waals surface area contributed by atoms with Gasteiger partial charge in [0.25, 0.3) is 0 Å². The van der Waals surface area contributed by atoms with Gasteiger partial charge >= 0.3 is 0 Å². The van der Waals surface area contributed by atoms with Gasteiger partial charge in [0.05, 0.1) is 13.2 Å². The first kappa shape index (κ1) is 13.5. The van der Waals surface area contributed by atoms with Gasteiger partial charge in [-0.3, -0.25) is 0 Å². The molecule has 0 radical (unpaired) electrons. The summed E-state index contributed by atoms with van der Waals surface area (Å²) in [5.74, 6) is 2.10. The van der Waals surface area contributed by atoms with Crippen molar-refractivity contribution in [3.05, 3.63) is 17.7 Å². The third kappa shape index (κ3) is 2.69. The molecule has 1 saturated carbocycles. The Labute approximate surface area is 118 Å². The van der Waals surface area contributed by atoms with Crippen LogP contribution < -0.4 is 19.5 Å². The predicted octanol–water partition coefficient (Wildman–Crippen LogP) is 1.82. The van der Waals surface area contributed by atoms with Crippen LogP contribution in [0.3, 0.4) is 0 Å². The zero-order valence-electron chi connectivity index (χ0n) is 11.7. The Morgan fingerprint density at radius 3 is 2.95 bits per heavy atom. The molecule has 0 spiro atoms. The topological polar surface area (TPSA) is 60.0 Å². The molecule has 1 heterocycles. The van der Waals surface area contributed by atoms with Crippen LogP contribution in [0.25, 0.3) is 0 Å². The zero-order chi connectivity index (χ0) is 13.9. The van der Waals surface area contributed by atoms with Gasteiger partial charge in [0.2, 0.25) is 12.5 Å². The highest BCUT2D eigenvalue weighted by Gasteiger charge is 2.23. The Hall–Kier alpha value is -1.46. The summed E-state index contributed by atoms with van der Waals surface area (Å²) in [6.45, 7) is 0.929. The van der Waals surface area contributed by atoms with E-state index in [2.05, 4.69) is 5.32 Å². The van der Waals surface area contributed by atoms with Crippen molar-refractivity contribution in [2.24, 2.45) is 0 Å². The van der Waals surface area contributed by atoms with E-state index in [1.807, 2.05) is 12.1 Å². The van der Waals surface area contributed by atoms with E-state index in [1.54, 1.807) is 7.11 Å². The van der Waals surface area contributed by atoms with Crippen molar-refractivity contribution < 1.29 is 19.3 Å². The summed E-state index contributed by atoms with van der Waals surface area (Å²) >= 11 is 0. The summed E-state index contributed by atoms with van der Waals surface area (Å²) in [4.78, 5) is 0. The molecule has 2 aliphatic rings. The highest BCUT2D eigenvalue weighted by Crippen LogP contribution is 2.41. The number of benzene rings is 1. The van der Waals surface area contributed by atoms with E-state index in [-0.39, 0.29) is 18.9 Å². The molecule has 2 unspecified atom stereocenters. The second-order valence-corrected chi connectivity index (χ2v) is 5.37. The third-order valence-corrected chi connectivity index (χ3v) is 4.02. The molecule has 5 nitrogen and oxygen atoms in total. The highest BCUT2D eigenvalue weighted by atomic mass is 16.7. The van der Waals surface area contributed by atoms with Crippen molar-refractivity contribution >= 4 is 0 Å². The van der Waals surface area contributed by atoms with Gasteiger partial charge in [0, 0.05) is 12.6 Å². The molecule has 0 bridgehead atoms. The lowest BCUT2D eigenvalue weighted by Gasteiger charge is -2.28. The van der Waals surface area contributed by atoms with Gasteiger partial charge in [-0.15, -0.1) is 0 Å². The van der Waals surface area contributed by atoms with E-state index < -0.39 is 0 Å². The largest absolute Gasteiger partial charge is 0.493 e. The molecule has 2 atom stereocenters. The zero-order valence-corrected chi connectivity index (χ0v) is 11.7. The lowest BCUT2D eigenvalue weighted by molar-refractivity contribution is 0.0902. The fraction of sp³-hybridized carbons (Fsp3) is 0.600. The van der Waals surface area contributed by atoms with Crippen LogP contribution in [-0.2, 0) is 6.54 Å². The van der Waals surface area contributed by atoms with E-state index in [1.165, 1.54) is 6.42 Å². The maximum atomic E-state index is 9.97. The van der Waals surface area contributed by atoms with Gasteiger partial charge in [-0.2, -0.15) is 0 Å². The van der Waals surface area contributed by atoms with E-state index in [9.17, 15) is 5.11 Å². The van der Waals surface area contributed by atoms with Gasteiger partial charge in [-0.25, -0.2) is 0 Å². The van der Waals surface area contributed by atoms with E-state index in [0.717, 1.165) is 30.6 Å². The first-order valence-electron chi connectivity index (χ1n) is 7.16. The average Bonchev–Trinajstić information content (AvgIpc) is 2.94. The van der Waals surface area contributed by atoms with Crippen LogP contribution in [0.1, 0.15) is 31.2 Å². The second-order valence-electron chi connectivity index (χ2n) is 5.37. The van der Waals surface area contributed by atoms with Gasteiger partial charge in [0.15, 0.2) is 11.5 Å². The lowest BCUT2D eigenvalue weighted by Crippen LogP contribution is -2.41. The van der Waals surface area contributed by atoms with Crippen molar-refractivity contribution in [3.8, 4) is 17.2 Å². The number of fused-ring (bicyclic) bond motifs is 1. The molecule has 1 fully saturated rings. The predicted molar refractivity (Wildman–Crippen MR) is 74.2 cm³/mol. The minimum Gasteiger partial charge on any atom is -0.493 e. The molecule has 0 amide bonds. The molecule has 20 heavy (non-hydrogen) atoms. The number of ether oxygens (including phenoxy) is 3. The van der Waals surface area contributed by atoms with Crippen LogP contribution >= 0.6 is 0 Å². The summed E-state index contributed by atoms with van der Waals surface area (Å²) in [7, 11) is 1.62. The monoisotopic (exact) mass is 279 g/mol. The molecule has 0 aromatic heterocycles. The van der Waals surface area contributed by atoms with Crippen LogP contribution in [0.15, 0.2) is 12.1 Å². The molecule has 0 saturated heterocycles. The van der Waals surface area contributed by atoms with Gasteiger partial charge in [-0.1, -0.05) is 12.8 Å². The number of hydrogen-bond donors (Lipinski definition) is 2. The molecular formula is C15H21NO4. The summed E-state index contributed by atoms with van der Waals surface area (Å²) in [5.41, 5.74) is 1.07. The lowest BCUT2D eigenvalue weighted by atomic mass is 9.92. The van der Waals surface area contributed by atoms with Gasteiger partial charge < -0.3 is 24.6 Å². The normalized spacial score (nSPS) is 24.7. The van der Waals surface area contributed by atoms with Crippen molar-refractivity contribution in [2.45, 2.75) is 44.4 Å². The molecule has 1 aromatic carbocycles. The van der Waals surface area contributed by atoms with Crippen molar-refractivity contribution in [1.82, 2.24) is 5.32 Å². The highest BCUT2D eigenvalue weighted by molar-refractivity contribution is 5.55. The van der Waals surface area contributed by atoms with Crippen molar-refractivity contribution in [2.75, 3.05) is 13.9 Å². The van der Waals surface area contributed by atoms with Gasteiger partial charge in [-0.05, 0) is 30.5 Å². The molecule has 1 aromatic rings. The summed E-state index contributed by atoms with van der Waals surface area (Å²) in [6.07, 6.45) is 3.99. The third-order valence-electron chi connectivity index (χ3n) is 4.02. The Balaban J connectivity index is 1.68. The fourth-order valence-corrected chi connectivity index (χ4v) is 2.88. The summed E-state index contributed by atoms with van der Waals surface area (Å²) < 4.78 is 16.1. The first-order valence-corrected chi connectivity index (χ1v) is 7.16. The smallest absolute Gasteiger partial charge is 0.231 e. The molecule has 2 N–H and O–H groups in total. The Morgan fingerprint density at radius 1 is 1.30 bits per heavy atom. The Bertz CT molecular complexity index is 477. The van der Waals surface area contributed by atoms with Crippen LogP contribution in [0, 0.1) is 0 Å². The van der Waals surface area contributed by atoms with Crippen LogP contribution in [0.4, 0.5) is 0 Å². The first-order chi connectivity index (χ1) is 9.78. The fourth-order valence-electron chi connectivity index (χ4n) is 2.88. The number of aliphatic hydroxyl groups is 1. The molecule has 5 heteroatoms. The Kier molecular flexibility index (Phi) is 3.98. The maximum absolute atomic E-state index is 9.97. The molecule has 110 valence electrons. The minimum atomic E-state index is -0.236. The van der Waals surface area contributed by atoms with Crippen LogP contribution in [0.2, 0.25) is 0 Å². The maximum Gasteiger partial charge on any atom is 0.231 e. The number of rotatable bonds is 4. The SMILES string of the molecule is COc1cc(CNC2CCCCC2O)cc2c1OCO2. The number of methoxy groups -OCH3 is 1. The second kappa shape index (κ2) is 5.89. The van der Waals surface area contributed by atoms with Crippen molar-refractivity contribution in [3.63, 3.8) is 0 Å². The van der Waals surface area contributed by atoms with Crippen molar-refractivity contribution in [1.29, 1.82) is 0 Å². The van der Waals surface area contributed by atoms with Gasteiger partial charge in [0.1, 0.15) is 0 Å². The van der Waals surface area contributed by atoms with Crippen LogP contribution in [-0.4, -0.2) is 31.2 Å². The quantitative estimate of drug-likeness (QED) is 0.880. The summed E-state index contributed by atoms with van der Waals surface area (Å²) in [6, 6.07) is 4.10. The molecule has 3 rings (SSSR count). The standard InChI is InChI=1S/C15H21NO4/c1-18-13-6-10(7-14-15(13)20-9-19-14)8-16-11-4-2-3-5-12(11)17/h6-7,11-12,16-17H,2-5,8-9H2,1H3. The molecule has 1 aliphatic heterocycles. The number of hydrogen-bond acceptors (Lipinski definition) is 5. The average molecular weight is 279 g/mol. The summed E-state index contributed by atoms with van der Waals surface area (Å²) in [5, 5.41) is 13.4. The van der Waals surface area contributed by atoms with E-state index in [0.29, 0.717) is 18.0 Å².